The molecule has 1 heterocycles. The average Bonchev–Trinajstić information content (AvgIpc) is 3.02. The predicted octanol–water partition coefficient (Wildman–Crippen LogP) is 2.53. The van der Waals surface area contributed by atoms with Crippen LogP contribution in [0.2, 0.25) is 0 Å². The maximum atomic E-state index is 12.6. The van der Waals surface area contributed by atoms with E-state index >= 15 is 0 Å². The van der Waals surface area contributed by atoms with Crippen LogP contribution >= 0.6 is 11.3 Å². The second kappa shape index (κ2) is 7.54. The van der Waals surface area contributed by atoms with Gasteiger partial charge >= 0.3 is 6.18 Å². The molecule has 0 atom stereocenters. The number of benzene rings is 1. The number of alkyl halides is 3. The zero-order valence-corrected chi connectivity index (χ0v) is 14.7. The Morgan fingerprint density at radius 2 is 1.92 bits per heavy atom. The monoisotopic (exact) mass is 392 g/mol. The van der Waals surface area contributed by atoms with Crippen molar-refractivity contribution < 1.29 is 26.4 Å². The van der Waals surface area contributed by atoms with Crippen LogP contribution in [0.4, 0.5) is 13.2 Å². The number of hydrogen-bond donors (Lipinski definition) is 2. The van der Waals surface area contributed by atoms with Crippen molar-refractivity contribution in [3.63, 3.8) is 0 Å². The van der Waals surface area contributed by atoms with Crippen molar-refractivity contribution in [2.24, 2.45) is 0 Å². The van der Waals surface area contributed by atoms with E-state index in [0.717, 1.165) is 23.5 Å². The molecule has 1 aromatic heterocycles. The van der Waals surface area contributed by atoms with Crippen molar-refractivity contribution in [2.45, 2.75) is 23.4 Å². The molecule has 0 radical (unpaired) electrons. The molecule has 0 aliphatic rings. The van der Waals surface area contributed by atoms with Crippen molar-refractivity contribution >= 4 is 27.3 Å². The molecule has 10 heteroatoms. The predicted molar refractivity (Wildman–Crippen MR) is 87.6 cm³/mol. The highest BCUT2D eigenvalue weighted by atomic mass is 32.2. The quantitative estimate of drug-likeness (QED) is 0.793. The van der Waals surface area contributed by atoms with E-state index in [9.17, 15) is 26.4 Å². The van der Waals surface area contributed by atoms with Gasteiger partial charge in [-0.3, -0.25) is 4.79 Å². The maximum Gasteiger partial charge on any atom is 0.416 e. The maximum absolute atomic E-state index is 12.6. The normalized spacial score (nSPS) is 12.2. The number of carbonyl (C=O) groups is 1. The molecule has 1 aromatic carbocycles. The largest absolute Gasteiger partial charge is 0.416 e. The summed E-state index contributed by atoms with van der Waals surface area (Å²) in [5.41, 5.74) is -0.560. The topological polar surface area (TPSA) is 75.3 Å². The lowest BCUT2D eigenvalue weighted by Gasteiger charge is -2.09. The van der Waals surface area contributed by atoms with Crippen LogP contribution < -0.4 is 10.0 Å². The van der Waals surface area contributed by atoms with E-state index in [-0.39, 0.29) is 22.7 Å². The van der Waals surface area contributed by atoms with Crippen molar-refractivity contribution in [1.29, 1.82) is 0 Å². The molecule has 2 N–H and O–H groups in total. The Kier molecular flexibility index (Phi) is 5.86. The smallest absolute Gasteiger partial charge is 0.351 e. The van der Waals surface area contributed by atoms with E-state index in [1.807, 2.05) is 0 Å². The highest BCUT2D eigenvalue weighted by molar-refractivity contribution is 7.91. The first-order valence-electron chi connectivity index (χ1n) is 7.07. The van der Waals surface area contributed by atoms with Gasteiger partial charge in [0.1, 0.15) is 4.21 Å². The third kappa shape index (κ3) is 5.28. The van der Waals surface area contributed by atoms with E-state index in [4.69, 9.17) is 0 Å². The van der Waals surface area contributed by atoms with Gasteiger partial charge < -0.3 is 5.32 Å². The van der Waals surface area contributed by atoms with E-state index in [1.54, 1.807) is 6.07 Å². The molecule has 136 valence electrons. The molecule has 0 fully saturated rings. The molecular formula is C15H15F3N2O3S2. The zero-order chi connectivity index (χ0) is 18.7. The van der Waals surface area contributed by atoms with Gasteiger partial charge in [0.25, 0.3) is 0 Å². The Labute approximate surface area is 146 Å². The van der Waals surface area contributed by atoms with Gasteiger partial charge in [-0.2, -0.15) is 13.2 Å². The number of thiophene rings is 1. The second-order valence-electron chi connectivity index (χ2n) is 5.08. The van der Waals surface area contributed by atoms with Gasteiger partial charge in [-0.05, 0) is 30.8 Å². The molecule has 0 aliphatic heterocycles. The molecule has 0 aliphatic carbocycles. The Morgan fingerprint density at radius 3 is 2.56 bits per heavy atom. The van der Waals surface area contributed by atoms with Gasteiger partial charge in [-0.1, -0.05) is 18.2 Å². The number of hydrogen-bond acceptors (Lipinski definition) is 4. The number of carbonyl (C=O) groups excluding carboxylic acids is 1. The van der Waals surface area contributed by atoms with Gasteiger partial charge in [0.2, 0.25) is 15.9 Å². The van der Waals surface area contributed by atoms with Crippen LogP contribution in [0.3, 0.4) is 0 Å². The van der Waals surface area contributed by atoms with Gasteiger partial charge in [0.15, 0.2) is 0 Å². The van der Waals surface area contributed by atoms with Crippen molar-refractivity contribution in [3.8, 4) is 0 Å². The molecule has 0 spiro atoms. The van der Waals surface area contributed by atoms with Gasteiger partial charge in [-0.25, -0.2) is 13.1 Å². The summed E-state index contributed by atoms with van der Waals surface area (Å²) in [5, 5.41) is 2.56. The van der Waals surface area contributed by atoms with E-state index in [1.165, 1.54) is 25.2 Å². The van der Waals surface area contributed by atoms with Crippen molar-refractivity contribution in [2.75, 3.05) is 7.05 Å². The first-order valence-corrected chi connectivity index (χ1v) is 9.37. The van der Waals surface area contributed by atoms with Crippen molar-refractivity contribution in [1.82, 2.24) is 10.0 Å². The minimum absolute atomic E-state index is 0.0989. The molecular weight excluding hydrogens is 377 g/mol. The minimum Gasteiger partial charge on any atom is -0.351 e. The summed E-state index contributed by atoms with van der Waals surface area (Å²) in [5.74, 6) is -0.453. The fraction of sp³-hybridized carbons (Fsp3) is 0.267. The number of rotatable bonds is 6. The summed E-state index contributed by atoms with van der Waals surface area (Å²) in [6.45, 7) is 0.0989. The third-order valence-electron chi connectivity index (χ3n) is 3.25. The summed E-state index contributed by atoms with van der Waals surface area (Å²) >= 11 is 1.00. The van der Waals surface area contributed by atoms with Gasteiger partial charge in [0, 0.05) is 4.88 Å². The molecule has 2 aromatic rings. The fourth-order valence-electron chi connectivity index (χ4n) is 1.99. The van der Waals surface area contributed by atoms with Crippen LogP contribution in [-0.2, 0) is 34.0 Å². The molecule has 5 nitrogen and oxygen atoms in total. The standard InChI is InChI=1S/C15H15F3N2O3S2/c1-19-25(22,23)14-6-5-12(24-14)9-20-13(21)8-10-3-2-4-11(7-10)15(16,17)18/h2-7,19H,8-9H2,1H3,(H,20,21). The van der Waals surface area contributed by atoms with Crippen LogP contribution in [0.25, 0.3) is 0 Å². The molecule has 0 saturated carbocycles. The molecule has 0 saturated heterocycles. The van der Waals surface area contributed by atoms with Crippen LogP contribution in [0.1, 0.15) is 16.0 Å². The summed E-state index contributed by atoms with van der Waals surface area (Å²) in [7, 11) is -2.24. The summed E-state index contributed by atoms with van der Waals surface area (Å²) in [6.07, 6.45) is -4.66. The highest BCUT2D eigenvalue weighted by Gasteiger charge is 2.30. The van der Waals surface area contributed by atoms with Crippen LogP contribution in [-0.4, -0.2) is 21.4 Å². The van der Waals surface area contributed by atoms with Crippen LogP contribution in [0.5, 0.6) is 0 Å². The Hall–Kier alpha value is -1.91. The third-order valence-corrected chi connectivity index (χ3v) is 6.24. The lowest BCUT2D eigenvalue weighted by Crippen LogP contribution is -2.24. The second-order valence-corrected chi connectivity index (χ2v) is 8.36. The van der Waals surface area contributed by atoms with E-state index in [2.05, 4.69) is 10.0 Å². The highest BCUT2D eigenvalue weighted by Crippen LogP contribution is 2.29. The summed E-state index contributed by atoms with van der Waals surface area (Å²) in [4.78, 5) is 12.5. The zero-order valence-electron chi connectivity index (χ0n) is 13.1. The molecule has 0 bridgehead atoms. The van der Waals surface area contributed by atoms with Gasteiger partial charge in [-0.15, -0.1) is 11.3 Å². The number of amides is 1. The molecule has 1 amide bonds. The molecule has 25 heavy (non-hydrogen) atoms. The molecule has 2 rings (SSSR count). The Bertz CT molecular complexity index is 861. The fourth-order valence-corrected chi connectivity index (χ4v) is 4.12. The van der Waals surface area contributed by atoms with Gasteiger partial charge in [0.05, 0.1) is 18.5 Å². The summed E-state index contributed by atoms with van der Waals surface area (Å²) in [6, 6.07) is 7.56. The first-order chi connectivity index (χ1) is 11.6. The van der Waals surface area contributed by atoms with Crippen LogP contribution in [0.15, 0.2) is 40.6 Å². The minimum atomic E-state index is -4.46. The number of nitrogens with one attached hydrogen (secondary N) is 2. The Balaban J connectivity index is 1.96. The lowest BCUT2D eigenvalue weighted by atomic mass is 10.1. The van der Waals surface area contributed by atoms with E-state index < -0.39 is 27.7 Å². The average molecular weight is 392 g/mol. The molecule has 0 unspecified atom stereocenters. The summed E-state index contributed by atoms with van der Waals surface area (Å²) < 4.78 is 63.5. The Morgan fingerprint density at radius 1 is 1.20 bits per heavy atom. The van der Waals surface area contributed by atoms with E-state index in [0.29, 0.717) is 4.88 Å². The van der Waals surface area contributed by atoms with Crippen molar-refractivity contribution in [3.05, 3.63) is 52.4 Å². The number of halogens is 3. The van der Waals surface area contributed by atoms with Crippen LogP contribution in [0, 0.1) is 0 Å². The SMILES string of the molecule is CNS(=O)(=O)c1ccc(CNC(=O)Cc2cccc(C(F)(F)F)c2)s1. The lowest BCUT2D eigenvalue weighted by molar-refractivity contribution is -0.137. The first kappa shape index (κ1) is 19.4. The number of sulfonamides is 1.